The second-order valence-corrected chi connectivity index (χ2v) is 3.24. The molecule has 4 nitrogen and oxygen atoms in total. The molecule has 0 aliphatic carbocycles. The summed E-state index contributed by atoms with van der Waals surface area (Å²) in [5.41, 5.74) is 0. The van der Waals surface area contributed by atoms with Gasteiger partial charge in [0, 0.05) is 6.08 Å². The SMILES string of the molecule is C=CC(=O)OC.COC(=O)C(C)Br. The number of alkyl halides is 1. The highest BCUT2D eigenvalue weighted by Crippen LogP contribution is 1.97. The zero-order valence-corrected chi connectivity index (χ0v) is 9.46. The molecule has 13 heavy (non-hydrogen) atoms. The van der Waals surface area contributed by atoms with Crippen LogP contribution in [0, 0.1) is 0 Å². The fraction of sp³-hybridized carbons (Fsp3) is 0.500. The molecule has 0 aromatic carbocycles. The van der Waals surface area contributed by atoms with Crippen molar-refractivity contribution < 1.29 is 19.1 Å². The van der Waals surface area contributed by atoms with E-state index in [1.54, 1.807) is 6.92 Å². The van der Waals surface area contributed by atoms with Gasteiger partial charge in [-0.3, -0.25) is 4.79 Å². The van der Waals surface area contributed by atoms with E-state index in [1.165, 1.54) is 14.2 Å². The summed E-state index contributed by atoms with van der Waals surface area (Å²) in [6, 6.07) is 0. The van der Waals surface area contributed by atoms with Crippen molar-refractivity contribution in [2.75, 3.05) is 14.2 Å². The fourth-order valence-electron chi connectivity index (χ4n) is 0.246. The quantitative estimate of drug-likeness (QED) is 0.422. The van der Waals surface area contributed by atoms with E-state index in [4.69, 9.17) is 0 Å². The average molecular weight is 253 g/mol. The first-order valence-corrected chi connectivity index (χ1v) is 4.33. The maximum absolute atomic E-state index is 10.2. The third kappa shape index (κ3) is 11.2. The number of carbonyl (C=O) groups is 2. The number of methoxy groups -OCH3 is 2. The molecule has 0 aliphatic heterocycles. The Bertz CT molecular complexity index is 177. The third-order valence-electron chi connectivity index (χ3n) is 0.894. The summed E-state index contributed by atoms with van der Waals surface area (Å²) in [5, 5.41) is 0. The lowest BCUT2D eigenvalue weighted by atomic mass is 10.5. The predicted molar refractivity (Wildman–Crippen MR) is 52.6 cm³/mol. The lowest BCUT2D eigenvalue weighted by Gasteiger charge is -1.96. The van der Waals surface area contributed by atoms with Crippen molar-refractivity contribution in [1.29, 1.82) is 0 Å². The monoisotopic (exact) mass is 252 g/mol. The van der Waals surface area contributed by atoms with Gasteiger partial charge in [-0.1, -0.05) is 22.5 Å². The van der Waals surface area contributed by atoms with Crippen LogP contribution >= 0.6 is 15.9 Å². The summed E-state index contributed by atoms with van der Waals surface area (Å²) in [6.45, 7) is 4.87. The molecule has 1 unspecified atom stereocenters. The van der Waals surface area contributed by atoms with E-state index in [0.717, 1.165) is 6.08 Å². The number of halogens is 1. The minimum atomic E-state index is -0.394. The lowest BCUT2D eigenvalue weighted by Crippen LogP contribution is -2.10. The van der Waals surface area contributed by atoms with Crippen LogP contribution in [-0.4, -0.2) is 31.0 Å². The van der Waals surface area contributed by atoms with Gasteiger partial charge in [0.2, 0.25) is 0 Å². The Morgan fingerprint density at radius 3 is 1.85 bits per heavy atom. The highest BCUT2D eigenvalue weighted by Gasteiger charge is 2.05. The van der Waals surface area contributed by atoms with Gasteiger partial charge in [-0.2, -0.15) is 0 Å². The van der Waals surface area contributed by atoms with Crippen molar-refractivity contribution in [3.8, 4) is 0 Å². The standard InChI is InChI=1S/C4H7BrO2.C4H6O2/c1-3(5)4(6)7-2;1-3-4(5)6-2/h3H,1-2H3;3H,1H2,2H3. The molecule has 0 saturated heterocycles. The van der Waals surface area contributed by atoms with Crippen LogP contribution < -0.4 is 0 Å². The van der Waals surface area contributed by atoms with Gasteiger partial charge in [0.05, 0.1) is 14.2 Å². The number of ether oxygens (including phenoxy) is 2. The van der Waals surface area contributed by atoms with Crippen molar-refractivity contribution in [3.63, 3.8) is 0 Å². The molecule has 0 aliphatic rings. The van der Waals surface area contributed by atoms with Gasteiger partial charge in [0.1, 0.15) is 4.83 Å². The molecule has 0 fully saturated rings. The molecule has 0 rings (SSSR count). The summed E-state index contributed by atoms with van der Waals surface area (Å²) in [4.78, 5) is 19.9. The minimum Gasteiger partial charge on any atom is -0.468 e. The van der Waals surface area contributed by atoms with Crippen LogP contribution in [0.4, 0.5) is 0 Å². The molecule has 0 aromatic rings. The van der Waals surface area contributed by atoms with Gasteiger partial charge in [-0.05, 0) is 6.92 Å². The Labute approximate surface area is 86.0 Å². The van der Waals surface area contributed by atoms with Crippen LogP contribution in [0.15, 0.2) is 12.7 Å². The van der Waals surface area contributed by atoms with E-state index < -0.39 is 5.97 Å². The number of hydrogen-bond acceptors (Lipinski definition) is 4. The Kier molecular flexibility index (Phi) is 10.4. The summed E-state index contributed by atoms with van der Waals surface area (Å²) in [7, 11) is 2.67. The molecule has 0 bridgehead atoms. The molecule has 0 N–H and O–H groups in total. The fourth-order valence-corrected chi connectivity index (χ4v) is 0.433. The molecule has 1 atom stereocenters. The zero-order chi connectivity index (χ0) is 10.9. The predicted octanol–water partition coefficient (Wildman–Crippen LogP) is 1.29. The molecule has 0 heterocycles. The van der Waals surface area contributed by atoms with Crippen LogP contribution in [0.3, 0.4) is 0 Å². The van der Waals surface area contributed by atoms with Crippen molar-refractivity contribution in [3.05, 3.63) is 12.7 Å². The van der Waals surface area contributed by atoms with Crippen LogP contribution in [0.25, 0.3) is 0 Å². The second kappa shape index (κ2) is 9.25. The normalized spacial score (nSPS) is 10.2. The van der Waals surface area contributed by atoms with Crippen LogP contribution in [0.2, 0.25) is 0 Å². The van der Waals surface area contributed by atoms with E-state index in [1.807, 2.05) is 0 Å². The highest BCUT2D eigenvalue weighted by molar-refractivity contribution is 9.10. The van der Waals surface area contributed by atoms with E-state index in [9.17, 15) is 9.59 Å². The summed E-state index contributed by atoms with van der Waals surface area (Å²) in [6.07, 6.45) is 1.11. The molecule has 5 heteroatoms. The molecule has 76 valence electrons. The van der Waals surface area contributed by atoms with Gasteiger partial charge in [-0.15, -0.1) is 0 Å². The van der Waals surface area contributed by atoms with Gasteiger partial charge < -0.3 is 9.47 Å². The third-order valence-corrected chi connectivity index (χ3v) is 1.27. The van der Waals surface area contributed by atoms with Crippen molar-refractivity contribution in [2.24, 2.45) is 0 Å². The summed E-state index contributed by atoms with van der Waals surface area (Å²) in [5.74, 6) is -0.630. The zero-order valence-electron chi connectivity index (χ0n) is 7.87. The smallest absolute Gasteiger partial charge is 0.329 e. The van der Waals surface area contributed by atoms with Crippen LogP contribution in [0.5, 0.6) is 0 Å². The van der Waals surface area contributed by atoms with E-state index in [0.29, 0.717) is 0 Å². The van der Waals surface area contributed by atoms with Gasteiger partial charge in [-0.25, -0.2) is 4.79 Å². The first-order valence-electron chi connectivity index (χ1n) is 3.41. The topological polar surface area (TPSA) is 52.6 Å². The van der Waals surface area contributed by atoms with Gasteiger partial charge in [0.15, 0.2) is 0 Å². The van der Waals surface area contributed by atoms with E-state index in [2.05, 4.69) is 32.0 Å². The lowest BCUT2D eigenvalue weighted by molar-refractivity contribution is -0.139. The van der Waals surface area contributed by atoms with Crippen LogP contribution in [0.1, 0.15) is 6.92 Å². The van der Waals surface area contributed by atoms with Crippen LogP contribution in [-0.2, 0) is 19.1 Å². The number of rotatable bonds is 2. The highest BCUT2D eigenvalue weighted by atomic mass is 79.9. The molecule has 0 aromatic heterocycles. The first-order chi connectivity index (χ1) is 5.99. The van der Waals surface area contributed by atoms with Crippen molar-refractivity contribution >= 4 is 27.9 Å². The molecular formula is C8H13BrO4. The minimum absolute atomic E-state index is 0.183. The van der Waals surface area contributed by atoms with Crippen molar-refractivity contribution in [1.82, 2.24) is 0 Å². The number of carbonyl (C=O) groups excluding carboxylic acids is 2. The Morgan fingerprint density at radius 2 is 1.85 bits per heavy atom. The second-order valence-electron chi connectivity index (χ2n) is 1.87. The maximum Gasteiger partial charge on any atom is 0.329 e. The first kappa shape index (κ1) is 14.7. The molecule has 0 saturated carbocycles. The van der Waals surface area contributed by atoms with E-state index >= 15 is 0 Å². The number of hydrogen-bond donors (Lipinski definition) is 0. The Morgan fingerprint density at radius 1 is 1.38 bits per heavy atom. The average Bonchev–Trinajstić information content (AvgIpc) is 2.16. The summed E-state index contributed by atoms with van der Waals surface area (Å²) < 4.78 is 8.47. The Hall–Kier alpha value is -0.840. The maximum atomic E-state index is 10.2. The molecular weight excluding hydrogens is 240 g/mol. The Balaban J connectivity index is 0. The van der Waals surface area contributed by atoms with Gasteiger partial charge >= 0.3 is 11.9 Å². The van der Waals surface area contributed by atoms with Crippen molar-refractivity contribution in [2.45, 2.75) is 11.8 Å². The molecule has 0 spiro atoms. The number of esters is 2. The van der Waals surface area contributed by atoms with Gasteiger partial charge in [0.25, 0.3) is 0 Å². The summed E-state index contributed by atoms with van der Waals surface area (Å²) >= 11 is 3.03. The molecule has 0 amide bonds. The largest absolute Gasteiger partial charge is 0.468 e. The van der Waals surface area contributed by atoms with E-state index in [-0.39, 0.29) is 10.8 Å². The molecule has 0 radical (unpaired) electrons.